The number of nitrogens with zero attached hydrogens (tertiary/aromatic N) is 2. The zero-order chi connectivity index (χ0) is 15.1. The average molecular weight is 276 g/mol. The van der Waals surface area contributed by atoms with Crippen LogP contribution in [0.3, 0.4) is 0 Å². The topological polar surface area (TPSA) is 152 Å². The molecule has 0 aliphatic heterocycles. The Bertz CT molecular complexity index is 575. The van der Waals surface area contributed by atoms with Crippen molar-refractivity contribution in [3.05, 3.63) is 48.0 Å². The minimum absolute atomic E-state index is 0.0440. The molecule has 8 heteroatoms. The van der Waals surface area contributed by atoms with Crippen LogP contribution in [0.25, 0.3) is 0 Å². The highest BCUT2D eigenvalue weighted by molar-refractivity contribution is 5.93. The summed E-state index contributed by atoms with van der Waals surface area (Å²) in [5, 5.41) is 16.9. The van der Waals surface area contributed by atoms with Crippen molar-refractivity contribution in [3.8, 4) is 0 Å². The van der Waals surface area contributed by atoms with Gasteiger partial charge in [-0.15, -0.1) is 0 Å². The van der Waals surface area contributed by atoms with Crippen molar-refractivity contribution in [2.45, 2.75) is 0 Å². The van der Waals surface area contributed by atoms with E-state index in [9.17, 15) is 9.59 Å². The number of pyridine rings is 2. The Labute approximate surface area is 113 Å². The zero-order valence-corrected chi connectivity index (χ0v) is 10.2. The summed E-state index contributed by atoms with van der Waals surface area (Å²) in [7, 11) is 0. The number of hydrogen-bond donors (Lipinski definition) is 4. The molecule has 0 radical (unpaired) electrons. The fourth-order valence-electron chi connectivity index (χ4n) is 1.17. The van der Waals surface area contributed by atoms with Crippen LogP contribution in [0.2, 0.25) is 0 Å². The maximum Gasteiger partial charge on any atom is 0.339 e. The van der Waals surface area contributed by atoms with Crippen LogP contribution in [-0.2, 0) is 0 Å². The van der Waals surface area contributed by atoms with Crippen LogP contribution in [-0.4, -0.2) is 32.1 Å². The van der Waals surface area contributed by atoms with E-state index in [4.69, 9.17) is 21.7 Å². The second kappa shape index (κ2) is 6.69. The molecule has 20 heavy (non-hydrogen) atoms. The van der Waals surface area contributed by atoms with Gasteiger partial charge in [0, 0.05) is 36.2 Å². The largest absolute Gasteiger partial charge is 0.478 e. The predicted octanol–water partition coefficient (Wildman–Crippen LogP) is 0.724. The van der Waals surface area contributed by atoms with Crippen molar-refractivity contribution in [3.63, 3.8) is 0 Å². The van der Waals surface area contributed by atoms with Gasteiger partial charge in [-0.2, -0.15) is 0 Å². The molecule has 0 aliphatic rings. The van der Waals surface area contributed by atoms with Crippen molar-refractivity contribution in [2.24, 2.45) is 0 Å². The maximum atomic E-state index is 10.3. The molecule has 0 aliphatic carbocycles. The van der Waals surface area contributed by atoms with Crippen LogP contribution in [0.1, 0.15) is 20.7 Å². The highest BCUT2D eigenvalue weighted by Crippen LogP contribution is 2.07. The number of nitrogen functional groups attached to an aromatic ring is 2. The van der Waals surface area contributed by atoms with E-state index in [2.05, 4.69) is 9.97 Å². The Morgan fingerprint density at radius 2 is 1.20 bits per heavy atom. The minimum atomic E-state index is -1.05. The second-order valence-corrected chi connectivity index (χ2v) is 3.54. The summed E-state index contributed by atoms with van der Waals surface area (Å²) >= 11 is 0. The normalized spacial score (nSPS) is 9.20. The summed E-state index contributed by atoms with van der Waals surface area (Å²) in [5.41, 5.74) is 11.2. The molecular formula is C12H12N4O4. The Balaban J connectivity index is 0.000000200. The minimum Gasteiger partial charge on any atom is -0.478 e. The van der Waals surface area contributed by atoms with Gasteiger partial charge in [0.15, 0.2) is 0 Å². The highest BCUT2D eigenvalue weighted by Gasteiger charge is 2.05. The predicted molar refractivity (Wildman–Crippen MR) is 71.2 cm³/mol. The Kier molecular flexibility index (Phi) is 4.98. The quantitative estimate of drug-likeness (QED) is 0.626. The first kappa shape index (κ1) is 14.9. The fourth-order valence-corrected chi connectivity index (χ4v) is 1.17. The molecule has 2 rings (SSSR count). The molecule has 0 amide bonds. The Morgan fingerprint density at radius 1 is 0.850 bits per heavy atom. The van der Waals surface area contributed by atoms with E-state index >= 15 is 0 Å². The molecule has 0 aromatic carbocycles. The maximum absolute atomic E-state index is 10.3. The van der Waals surface area contributed by atoms with Gasteiger partial charge < -0.3 is 21.7 Å². The number of anilines is 2. The third-order valence-electron chi connectivity index (χ3n) is 2.17. The van der Waals surface area contributed by atoms with Crippen molar-refractivity contribution >= 4 is 23.3 Å². The summed E-state index contributed by atoms with van der Waals surface area (Å²) in [6.45, 7) is 0. The van der Waals surface area contributed by atoms with E-state index in [0.717, 1.165) is 0 Å². The molecule has 8 nitrogen and oxygen atoms in total. The first-order valence-electron chi connectivity index (χ1n) is 5.29. The average Bonchev–Trinajstić information content (AvgIpc) is 2.40. The Hall–Kier alpha value is -3.16. The van der Waals surface area contributed by atoms with Crippen LogP contribution < -0.4 is 11.5 Å². The van der Waals surface area contributed by atoms with Gasteiger partial charge in [0.25, 0.3) is 0 Å². The summed E-state index contributed by atoms with van der Waals surface area (Å²) in [6.07, 6.45) is 5.33. The van der Waals surface area contributed by atoms with Gasteiger partial charge in [-0.25, -0.2) is 9.59 Å². The van der Waals surface area contributed by atoms with Crippen molar-refractivity contribution in [2.75, 3.05) is 11.5 Å². The molecule has 0 bridgehead atoms. The standard InChI is InChI=1S/2C6H6N2O2/c2*7-5-1-2-8-3-4(5)6(9)10/h2*1-3H,(H2,7,8)(H,9,10). The van der Waals surface area contributed by atoms with Crippen molar-refractivity contribution < 1.29 is 19.8 Å². The molecule has 6 N–H and O–H groups in total. The number of carboxylic acids is 2. The van der Waals surface area contributed by atoms with Gasteiger partial charge >= 0.3 is 11.9 Å². The lowest BCUT2D eigenvalue weighted by atomic mass is 10.2. The first-order valence-corrected chi connectivity index (χ1v) is 5.29. The molecule has 0 atom stereocenters. The summed E-state index contributed by atoms with van der Waals surface area (Å²) in [4.78, 5) is 27.8. The van der Waals surface area contributed by atoms with Gasteiger partial charge in [-0.05, 0) is 12.1 Å². The van der Waals surface area contributed by atoms with E-state index in [-0.39, 0.29) is 22.5 Å². The number of carbonyl (C=O) groups is 2. The third-order valence-corrected chi connectivity index (χ3v) is 2.17. The van der Waals surface area contributed by atoms with Crippen LogP contribution in [0.5, 0.6) is 0 Å². The molecule has 2 heterocycles. The lowest BCUT2D eigenvalue weighted by molar-refractivity contribution is 0.0686. The van der Waals surface area contributed by atoms with Crippen LogP contribution in [0, 0.1) is 0 Å². The van der Waals surface area contributed by atoms with E-state index in [0.29, 0.717) is 0 Å². The van der Waals surface area contributed by atoms with E-state index in [1.165, 1.54) is 36.9 Å². The van der Waals surface area contributed by atoms with Crippen molar-refractivity contribution in [1.29, 1.82) is 0 Å². The van der Waals surface area contributed by atoms with Gasteiger partial charge in [-0.1, -0.05) is 0 Å². The van der Waals surface area contributed by atoms with Gasteiger partial charge in [0.2, 0.25) is 0 Å². The van der Waals surface area contributed by atoms with Crippen LogP contribution in [0.4, 0.5) is 11.4 Å². The number of carboxylic acid groups (broad SMARTS) is 2. The second-order valence-electron chi connectivity index (χ2n) is 3.54. The Morgan fingerprint density at radius 3 is 1.40 bits per heavy atom. The number of nitrogens with two attached hydrogens (primary N) is 2. The zero-order valence-electron chi connectivity index (χ0n) is 10.2. The third kappa shape index (κ3) is 3.95. The molecule has 0 spiro atoms. The monoisotopic (exact) mass is 276 g/mol. The molecule has 104 valence electrons. The molecule has 0 fully saturated rings. The van der Waals surface area contributed by atoms with E-state index < -0.39 is 11.9 Å². The number of aromatic nitrogens is 2. The van der Waals surface area contributed by atoms with Crippen molar-refractivity contribution in [1.82, 2.24) is 9.97 Å². The summed E-state index contributed by atoms with van der Waals surface area (Å²) in [5.74, 6) is -2.10. The van der Waals surface area contributed by atoms with Gasteiger partial charge in [0.05, 0.1) is 0 Å². The summed E-state index contributed by atoms with van der Waals surface area (Å²) in [6, 6.07) is 2.90. The first-order chi connectivity index (χ1) is 9.43. The smallest absolute Gasteiger partial charge is 0.339 e. The van der Waals surface area contributed by atoms with Crippen LogP contribution >= 0.6 is 0 Å². The fraction of sp³-hybridized carbons (Fsp3) is 0. The van der Waals surface area contributed by atoms with Crippen LogP contribution in [0.15, 0.2) is 36.9 Å². The van der Waals surface area contributed by atoms with E-state index in [1.807, 2.05) is 0 Å². The number of aromatic carboxylic acids is 2. The highest BCUT2D eigenvalue weighted by atomic mass is 16.4. The molecule has 0 saturated heterocycles. The molecule has 0 unspecified atom stereocenters. The van der Waals surface area contributed by atoms with Gasteiger partial charge in [0.1, 0.15) is 11.1 Å². The van der Waals surface area contributed by atoms with Gasteiger partial charge in [-0.3, -0.25) is 9.97 Å². The SMILES string of the molecule is Nc1ccncc1C(=O)O.Nc1ccncc1C(=O)O. The lowest BCUT2D eigenvalue weighted by Gasteiger charge is -1.95. The number of hydrogen-bond acceptors (Lipinski definition) is 6. The molecule has 2 aromatic rings. The molecule has 0 saturated carbocycles. The van der Waals surface area contributed by atoms with E-state index in [1.54, 1.807) is 0 Å². The lowest BCUT2D eigenvalue weighted by Crippen LogP contribution is -2.01. The summed E-state index contributed by atoms with van der Waals surface area (Å²) < 4.78 is 0. The molecular weight excluding hydrogens is 264 g/mol. The molecule has 2 aromatic heterocycles. The number of rotatable bonds is 2.